The Labute approximate surface area is 131 Å². The maximum Gasteiger partial charge on any atom is 0.279 e. The van der Waals surface area contributed by atoms with Crippen molar-refractivity contribution in [2.24, 2.45) is 0 Å². The molecule has 1 aliphatic heterocycles. The van der Waals surface area contributed by atoms with Crippen LogP contribution in [0.3, 0.4) is 0 Å². The van der Waals surface area contributed by atoms with Gasteiger partial charge in [0.15, 0.2) is 11.5 Å². The molecule has 1 N–H and O–H groups in total. The number of morpholine rings is 1. The normalized spacial score (nSPS) is 16.5. The van der Waals surface area contributed by atoms with Gasteiger partial charge >= 0.3 is 0 Å². The van der Waals surface area contributed by atoms with Crippen molar-refractivity contribution < 1.29 is 22.6 Å². The van der Waals surface area contributed by atoms with Gasteiger partial charge in [-0.3, -0.25) is 0 Å². The minimum absolute atomic E-state index is 0.197. The van der Waals surface area contributed by atoms with E-state index in [0.717, 1.165) is 5.56 Å². The Bertz CT molecular complexity index is 585. The predicted octanol–water partition coefficient (Wildman–Crippen LogP) is 0.761. The van der Waals surface area contributed by atoms with Crippen LogP contribution >= 0.6 is 0 Å². The Balaban J connectivity index is 2.01. The van der Waals surface area contributed by atoms with E-state index in [1.807, 2.05) is 13.0 Å². The van der Waals surface area contributed by atoms with Gasteiger partial charge in [0.2, 0.25) is 0 Å². The van der Waals surface area contributed by atoms with E-state index in [1.54, 1.807) is 19.2 Å². The Hall–Kier alpha value is -1.35. The second kappa shape index (κ2) is 7.77. The number of nitrogens with one attached hydrogen (secondary N) is 1. The van der Waals surface area contributed by atoms with Crippen molar-refractivity contribution in [2.75, 3.05) is 40.0 Å². The Kier molecular flexibility index (Phi) is 6.01. The molecular formula is C14H22N2O5S. The van der Waals surface area contributed by atoms with Gasteiger partial charge in [0.05, 0.1) is 26.9 Å². The highest BCUT2D eigenvalue weighted by Gasteiger charge is 2.23. The third-order valence-electron chi connectivity index (χ3n) is 3.30. The van der Waals surface area contributed by atoms with Crippen LogP contribution in [0.4, 0.5) is 0 Å². The number of methoxy groups -OCH3 is 1. The molecule has 0 bridgehead atoms. The van der Waals surface area contributed by atoms with Crippen LogP contribution in [-0.2, 0) is 21.5 Å². The van der Waals surface area contributed by atoms with Crippen LogP contribution in [0.5, 0.6) is 11.5 Å². The molecule has 1 heterocycles. The largest absolute Gasteiger partial charge is 0.493 e. The molecule has 1 aromatic rings. The summed E-state index contributed by atoms with van der Waals surface area (Å²) in [7, 11) is -1.94. The molecule has 1 aromatic carbocycles. The first-order valence-electron chi connectivity index (χ1n) is 7.19. The topological polar surface area (TPSA) is 77.1 Å². The number of rotatable bonds is 7. The van der Waals surface area contributed by atoms with Gasteiger partial charge in [0, 0.05) is 19.6 Å². The van der Waals surface area contributed by atoms with Crippen molar-refractivity contribution in [1.82, 2.24) is 9.03 Å². The summed E-state index contributed by atoms with van der Waals surface area (Å²) in [5.41, 5.74) is 0.803. The van der Waals surface area contributed by atoms with Gasteiger partial charge in [-0.2, -0.15) is 17.4 Å². The van der Waals surface area contributed by atoms with Gasteiger partial charge in [-0.05, 0) is 24.6 Å². The molecule has 1 aliphatic rings. The number of hydrogen-bond acceptors (Lipinski definition) is 5. The maximum absolute atomic E-state index is 12.2. The number of ether oxygens (including phenoxy) is 3. The predicted molar refractivity (Wildman–Crippen MR) is 82.3 cm³/mol. The first-order chi connectivity index (χ1) is 10.6. The summed E-state index contributed by atoms with van der Waals surface area (Å²) in [5, 5.41) is 0. The van der Waals surface area contributed by atoms with E-state index in [9.17, 15) is 8.42 Å². The molecule has 1 saturated heterocycles. The molecule has 0 amide bonds. The monoisotopic (exact) mass is 330 g/mol. The van der Waals surface area contributed by atoms with Gasteiger partial charge in [-0.1, -0.05) is 6.07 Å². The molecule has 0 aliphatic carbocycles. The summed E-state index contributed by atoms with van der Waals surface area (Å²) < 4.78 is 44.2. The number of hydrogen-bond donors (Lipinski definition) is 1. The van der Waals surface area contributed by atoms with Crippen molar-refractivity contribution in [1.29, 1.82) is 0 Å². The minimum Gasteiger partial charge on any atom is -0.493 e. The molecule has 7 nitrogen and oxygen atoms in total. The Morgan fingerprint density at radius 3 is 2.64 bits per heavy atom. The van der Waals surface area contributed by atoms with Crippen LogP contribution in [-0.4, -0.2) is 52.7 Å². The third kappa shape index (κ3) is 4.33. The molecule has 0 unspecified atom stereocenters. The molecule has 124 valence electrons. The van der Waals surface area contributed by atoms with E-state index in [1.165, 1.54) is 4.31 Å². The van der Waals surface area contributed by atoms with Crippen molar-refractivity contribution >= 4 is 10.2 Å². The lowest BCUT2D eigenvalue weighted by Gasteiger charge is -2.26. The lowest BCUT2D eigenvalue weighted by atomic mass is 10.2. The first kappa shape index (κ1) is 17.0. The summed E-state index contributed by atoms with van der Waals surface area (Å²) >= 11 is 0. The van der Waals surface area contributed by atoms with Gasteiger partial charge in [0.25, 0.3) is 10.2 Å². The van der Waals surface area contributed by atoms with Gasteiger partial charge < -0.3 is 14.2 Å². The fourth-order valence-electron chi connectivity index (χ4n) is 2.15. The molecule has 0 atom stereocenters. The van der Waals surface area contributed by atoms with Crippen molar-refractivity contribution in [3.05, 3.63) is 23.8 Å². The summed E-state index contributed by atoms with van der Waals surface area (Å²) in [5.74, 6) is 1.23. The van der Waals surface area contributed by atoms with E-state index < -0.39 is 10.2 Å². The quantitative estimate of drug-likeness (QED) is 0.799. The minimum atomic E-state index is -3.49. The Morgan fingerprint density at radius 2 is 2.00 bits per heavy atom. The van der Waals surface area contributed by atoms with E-state index in [-0.39, 0.29) is 6.54 Å². The van der Waals surface area contributed by atoms with Gasteiger partial charge in [-0.25, -0.2) is 0 Å². The van der Waals surface area contributed by atoms with E-state index in [0.29, 0.717) is 44.4 Å². The smallest absolute Gasteiger partial charge is 0.279 e. The average molecular weight is 330 g/mol. The zero-order chi connectivity index (χ0) is 16.0. The highest BCUT2D eigenvalue weighted by Crippen LogP contribution is 2.28. The summed E-state index contributed by atoms with van der Waals surface area (Å²) in [6, 6.07) is 5.36. The fourth-order valence-corrected chi connectivity index (χ4v) is 3.31. The summed E-state index contributed by atoms with van der Waals surface area (Å²) in [6.45, 7) is 4.24. The molecule has 2 rings (SSSR count). The van der Waals surface area contributed by atoms with Crippen LogP contribution in [0, 0.1) is 0 Å². The van der Waals surface area contributed by atoms with E-state index in [2.05, 4.69) is 4.72 Å². The molecular weight excluding hydrogens is 308 g/mol. The van der Waals surface area contributed by atoms with Crippen LogP contribution in [0.1, 0.15) is 12.5 Å². The summed E-state index contributed by atoms with van der Waals surface area (Å²) in [6.07, 6.45) is 0. The second-order valence-electron chi connectivity index (χ2n) is 4.76. The fraction of sp³-hybridized carbons (Fsp3) is 0.571. The van der Waals surface area contributed by atoms with Crippen molar-refractivity contribution in [2.45, 2.75) is 13.5 Å². The summed E-state index contributed by atoms with van der Waals surface area (Å²) in [4.78, 5) is 0. The van der Waals surface area contributed by atoms with Crippen LogP contribution in [0.25, 0.3) is 0 Å². The molecule has 0 radical (unpaired) electrons. The molecule has 0 spiro atoms. The maximum atomic E-state index is 12.2. The second-order valence-corrected chi connectivity index (χ2v) is 6.51. The highest BCUT2D eigenvalue weighted by molar-refractivity contribution is 7.87. The number of benzene rings is 1. The zero-order valence-electron chi connectivity index (χ0n) is 12.9. The zero-order valence-corrected chi connectivity index (χ0v) is 13.7. The highest BCUT2D eigenvalue weighted by atomic mass is 32.2. The average Bonchev–Trinajstić information content (AvgIpc) is 2.55. The molecule has 0 saturated carbocycles. The lowest BCUT2D eigenvalue weighted by molar-refractivity contribution is 0.0725. The third-order valence-corrected chi connectivity index (χ3v) is 4.85. The van der Waals surface area contributed by atoms with E-state index in [4.69, 9.17) is 14.2 Å². The van der Waals surface area contributed by atoms with Crippen molar-refractivity contribution in [3.8, 4) is 11.5 Å². The molecule has 0 aromatic heterocycles. The van der Waals surface area contributed by atoms with Gasteiger partial charge in [0.1, 0.15) is 0 Å². The first-order valence-corrected chi connectivity index (χ1v) is 8.63. The standard InChI is InChI=1S/C14H22N2O5S/c1-3-21-13-5-4-12(10-14(13)19-2)11-15-22(17,18)16-6-8-20-9-7-16/h4-5,10,15H,3,6-9,11H2,1-2H3. The van der Waals surface area contributed by atoms with Crippen LogP contribution in [0.15, 0.2) is 18.2 Å². The molecule has 1 fully saturated rings. The molecule has 22 heavy (non-hydrogen) atoms. The SMILES string of the molecule is CCOc1ccc(CNS(=O)(=O)N2CCOCC2)cc1OC. The van der Waals surface area contributed by atoms with Crippen LogP contribution < -0.4 is 14.2 Å². The van der Waals surface area contributed by atoms with Gasteiger partial charge in [-0.15, -0.1) is 0 Å². The Morgan fingerprint density at radius 1 is 1.27 bits per heavy atom. The van der Waals surface area contributed by atoms with E-state index >= 15 is 0 Å². The molecule has 8 heteroatoms. The number of nitrogens with zero attached hydrogens (tertiary/aromatic N) is 1. The van der Waals surface area contributed by atoms with Crippen LogP contribution in [0.2, 0.25) is 0 Å². The van der Waals surface area contributed by atoms with Crippen molar-refractivity contribution in [3.63, 3.8) is 0 Å². The lowest BCUT2D eigenvalue weighted by Crippen LogP contribution is -2.46.